The van der Waals surface area contributed by atoms with Gasteiger partial charge in [-0.15, -0.1) is 0 Å². The minimum atomic E-state index is -0.641. The lowest BCUT2D eigenvalue weighted by molar-refractivity contribution is -0.0833. The van der Waals surface area contributed by atoms with E-state index in [2.05, 4.69) is 0 Å². The molecule has 1 aliphatic rings. The first kappa shape index (κ1) is 8.02. The van der Waals surface area contributed by atoms with Gasteiger partial charge < -0.3 is 10.2 Å². The highest BCUT2D eigenvalue weighted by atomic mass is 16.3. The molecule has 10 heavy (non-hydrogen) atoms. The molecule has 0 heterocycles. The Morgan fingerprint density at radius 3 is 2.50 bits per heavy atom. The summed E-state index contributed by atoms with van der Waals surface area (Å²) in [6.45, 7) is 3.71. The van der Waals surface area contributed by atoms with E-state index in [1.54, 1.807) is 6.92 Å². The number of hydrogen-bond donors (Lipinski definition) is 2. The maximum atomic E-state index is 9.65. The van der Waals surface area contributed by atoms with E-state index in [9.17, 15) is 10.2 Å². The van der Waals surface area contributed by atoms with Gasteiger partial charge in [0.2, 0.25) is 0 Å². The van der Waals surface area contributed by atoms with Crippen LogP contribution in [-0.4, -0.2) is 21.9 Å². The summed E-state index contributed by atoms with van der Waals surface area (Å²) in [5.74, 6) is 0.0289. The quantitative estimate of drug-likeness (QED) is 0.530. The van der Waals surface area contributed by atoms with Crippen LogP contribution < -0.4 is 0 Å². The molecule has 0 spiro atoms. The van der Waals surface area contributed by atoms with Crippen LogP contribution >= 0.6 is 0 Å². The van der Waals surface area contributed by atoms with E-state index in [1.165, 1.54) is 0 Å². The predicted octanol–water partition coefficient (Wildman–Crippen LogP) is 0.918. The molecule has 0 aromatic rings. The third-order valence-electron chi connectivity index (χ3n) is 2.74. The van der Waals surface area contributed by atoms with Crippen LogP contribution in [0, 0.1) is 5.92 Å². The zero-order chi connectivity index (χ0) is 7.78. The Bertz CT molecular complexity index is 120. The molecule has 2 nitrogen and oxygen atoms in total. The van der Waals surface area contributed by atoms with Crippen molar-refractivity contribution >= 4 is 0 Å². The second-order valence-electron chi connectivity index (χ2n) is 3.61. The summed E-state index contributed by atoms with van der Waals surface area (Å²) in [5, 5.41) is 19.0. The molecule has 3 atom stereocenters. The van der Waals surface area contributed by atoms with Crippen LogP contribution in [0.25, 0.3) is 0 Å². The fourth-order valence-corrected chi connectivity index (χ4v) is 1.56. The van der Waals surface area contributed by atoms with Gasteiger partial charge in [0.05, 0.1) is 11.7 Å². The average Bonchev–Trinajstić information content (AvgIpc) is 1.83. The minimum Gasteiger partial charge on any atom is -0.393 e. The van der Waals surface area contributed by atoms with Crippen LogP contribution in [0.5, 0.6) is 0 Å². The number of aliphatic hydroxyl groups is 2. The van der Waals surface area contributed by atoms with Crippen molar-refractivity contribution < 1.29 is 10.2 Å². The van der Waals surface area contributed by atoms with Crippen molar-refractivity contribution in [3.63, 3.8) is 0 Å². The molecule has 1 saturated carbocycles. The summed E-state index contributed by atoms with van der Waals surface area (Å²) in [5.41, 5.74) is -0.641. The lowest BCUT2D eigenvalue weighted by atomic mass is 9.76. The van der Waals surface area contributed by atoms with E-state index in [0.29, 0.717) is 0 Å². The summed E-state index contributed by atoms with van der Waals surface area (Å²) in [6.07, 6.45) is 2.31. The summed E-state index contributed by atoms with van der Waals surface area (Å²) in [4.78, 5) is 0. The Morgan fingerprint density at radius 2 is 2.10 bits per heavy atom. The van der Waals surface area contributed by atoms with Crippen molar-refractivity contribution in [2.75, 3.05) is 0 Å². The molecule has 0 aromatic heterocycles. The van der Waals surface area contributed by atoms with Crippen LogP contribution in [0.3, 0.4) is 0 Å². The van der Waals surface area contributed by atoms with Gasteiger partial charge in [0, 0.05) is 5.92 Å². The molecular formula is C8H16O2. The molecule has 3 unspecified atom stereocenters. The Morgan fingerprint density at radius 1 is 1.50 bits per heavy atom. The van der Waals surface area contributed by atoms with Gasteiger partial charge in [0.1, 0.15) is 0 Å². The van der Waals surface area contributed by atoms with Crippen LogP contribution in [0.4, 0.5) is 0 Å². The van der Waals surface area contributed by atoms with Crippen molar-refractivity contribution in [1.82, 2.24) is 0 Å². The molecule has 0 saturated heterocycles. The first-order valence-corrected chi connectivity index (χ1v) is 3.94. The molecule has 2 N–H and O–H groups in total. The summed E-state index contributed by atoms with van der Waals surface area (Å²) < 4.78 is 0. The van der Waals surface area contributed by atoms with Crippen LogP contribution in [0.1, 0.15) is 33.1 Å². The molecule has 60 valence electrons. The topological polar surface area (TPSA) is 40.5 Å². The summed E-state index contributed by atoms with van der Waals surface area (Å²) >= 11 is 0. The fourth-order valence-electron chi connectivity index (χ4n) is 1.56. The minimum absolute atomic E-state index is 0.0289. The lowest BCUT2D eigenvalue weighted by Gasteiger charge is -2.38. The Kier molecular flexibility index (Phi) is 2.02. The molecule has 0 amide bonds. The zero-order valence-corrected chi connectivity index (χ0v) is 6.67. The van der Waals surface area contributed by atoms with Crippen molar-refractivity contribution in [3.8, 4) is 0 Å². The molecular weight excluding hydrogens is 128 g/mol. The molecule has 0 aromatic carbocycles. The van der Waals surface area contributed by atoms with Crippen molar-refractivity contribution in [2.45, 2.75) is 44.8 Å². The van der Waals surface area contributed by atoms with E-state index in [-0.39, 0.29) is 12.0 Å². The van der Waals surface area contributed by atoms with E-state index >= 15 is 0 Å². The smallest absolute Gasteiger partial charge is 0.0669 e. The van der Waals surface area contributed by atoms with E-state index in [4.69, 9.17) is 0 Å². The zero-order valence-electron chi connectivity index (χ0n) is 6.67. The van der Waals surface area contributed by atoms with E-state index in [0.717, 1.165) is 19.3 Å². The van der Waals surface area contributed by atoms with Crippen LogP contribution in [0.15, 0.2) is 0 Å². The highest BCUT2D eigenvalue weighted by molar-refractivity contribution is 4.88. The fraction of sp³-hybridized carbons (Fsp3) is 1.00. The van der Waals surface area contributed by atoms with Gasteiger partial charge in [0.25, 0.3) is 0 Å². The first-order valence-electron chi connectivity index (χ1n) is 3.94. The second-order valence-corrected chi connectivity index (χ2v) is 3.61. The van der Waals surface area contributed by atoms with Crippen molar-refractivity contribution in [2.24, 2.45) is 5.92 Å². The second kappa shape index (κ2) is 2.51. The molecule has 0 radical (unpaired) electrons. The Hall–Kier alpha value is -0.0800. The number of rotatable bonds is 0. The molecule has 1 aliphatic carbocycles. The summed E-state index contributed by atoms with van der Waals surface area (Å²) in [7, 11) is 0. The standard InChI is InChI=1S/C8H16O2/c1-6-7(9)4-3-5-8(6,2)10/h6-7,9-10H,3-5H2,1-2H3. The van der Waals surface area contributed by atoms with Gasteiger partial charge in [0.15, 0.2) is 0 Å². The third kappa shape index (κ3) is 1.32. The van der Waals surface area contributed by atoms with Gasteiger partial charge >= 0.3 is 0 Å². The summed E-state index contributed by atoms with van der Waals surface area (Å²) in [6, 6.07) is 0. The molecule has 1 fully saturated rings. The van der Waals surface area contributed by atoms with Crippen LogP contribution in [0.2, 0.25) is 0 Å². The monoisotopic (exact) mass is 144 g/mol. The Balaban J connectivity index is 2.60. The molecule has 1 rings (SSSR count). The number of aliphatic hydroxyl groups excluding tert-OH is 1. The van der Waals surface area contributed by atoms with Crippen LogP contribution in [-0.2, 0) is 0 Å². The van der Waals surface area contributed by atoms with Gasteiger partial charge in [-0.3, -0.25) is 0 Å². The third-order valence-corrected chi connectivity index (χ3v) is 2.74. The maximum Gasteiger partial charge on any atom is 0.0669 e. The number of hydrogen-bond acceptors (Lipinski definition) is 2. The van der Waals surface area contributed by atoms with Gasteiger partial charge in [-0.25, -0.2) is 0 Å². The van der Waals surface area contributed by atoms with E-state index < -0.39 is 5.60 Å². The largest absolute Gasteiger partial charge is 0.393 e. The van der Waals surface area contributed by atoms with E-state index in [1.807, 2.05) is 6.92 Å². The van der Waals surface area contributed by atoms with Gasteiger partial charge in [-0.05, 0) is 26.2 Å². The molecule has 0 bridgehead atoms. The average molecular weight is 144 g/mol. The SMILES string of the molecule is CC1C(O)CCCC1(C)O. The van der Waals surface area contributed by atoms with Crippen molar-refractivity contribution in [1.29, 1.82) is 0 Å². The normalized spacial score (nSPS) is 49.2. The van der Waals surface area contributed by atoms with Gasteiger partial charge in [-0.1, -0.05) is 6.92 Å². The highest BCUT2D eigenvalue weighted by Gasteiger charge is 2.36. The van der Waals surface area contributed by atoms with Crippen molar-refractivity contribution in [3.05, 3.63) is 0 Å². The maximum absolute atomic E-state index is 9.65. The lowest BCUT2D eigenvalue weighted by Crippen LogP contribution is -2.43. The van der Waals surface area contributed by atoms with Gasteiger partial charge in [-0.2, -0.15) is 0 Å². The first-order chi connectivity index (χ1) is 4.54. The molecule has 2 heteroatoms. The predicted molar refractivity (Wildman–Crippen MR) is 39.6 cm³/mol. The molecule has 0 aliphatic heterocycles. The Labute approximate surface area is 61.9 Å². The highest BCUT2D eigenvalue weighted by Crippen LogP contribution is 2.32.